The van der Waals surface area contributed by atoms with E-state index in [0.717, 1.165) is 5.56 Å². The summed E-state index contributed by atoms with van der Waals surface area (Å²) in [5.41, 5.74) is 0.387. The number of aliphatic hydroxyl groups is 1. The van der Waals surface area contributed by atoms with E-state index < -0.39 is 15.3 Å². The second-order valence-electron chi connectivity index (χ2n) is 4.59. The topological polar surface area (TPSA) is 54.4 Å². The van der Waals surface area contributed by atoms with Crippen LogP contribution >= 0.6 is 11.6 Å². The van der Waals surface area contributed by atoms with Crippen LogP contribution in [0, 0.1) is 0 Å². The molecule has 0 spiro atoms. The van der Waals surface area contributed by atoms with Crippen LogP contribution in [0.1, 0.15) is 26.3 Å². The average molecular weight is 277 g/mol. The zero-order valence-electron chi connectivity index (χ0n) is 10.2. The first kappa shape index (κ1) is 14.5. The maximum Gasteiger partial charge on any atom is 0.179 e. The predicted octanol–water partition coefficient (Wildman–Crippen LogP) is 2.40. The second kappa shape index (κ2) is 4.96. The van der Waals surface area contributed by atoms with Gasteiger partial charge < -0.3 is 5.11 Å². The molecule has 0 aliphatic carbocycles. The number of halogens is 1. The molecule has 0 aliphatic heterocycles. The Hall–Kier alpha value is -0.580. The van der Waals surface area contributed by atoms with Gasteiger partial charge in [0.25, 0.3) is 0 Å². The molecule has 0 fully saturated rings. The standard InChI is InChI=1S/C12H17ClO3S/c1-4-17(15,16)11-6-5-9(7-10(11)13)12(2,3)8-14/h5-7,14H,4,8H2,1-3H3. The molecule has 0 aliphatic rings. The molecule has 1 aromatic rings. The van der Waals surface area contributed by atoms with Crippen molar-refractivity contribution in [3.63, 3.8) is 0 Å². The second-order valence-corrected chi connectivity index (χ2v) is 7.24. The third-order valence-corrected chi connectivity index (χ3v) is 5.03. The van der Waals surface area contributed by atoms with E-state index >= 15 is 0 Å². The van der Waals surface area contributed by atoms with Gasteiger partial charge in [-0.1, -0.05) is 38.4 Å². The van der Waals surface area contributed by atoms with Crippen LogP contribution in [0.15, 0.2) is 23.1 Å². The minimum atomic E-state index is -3.29. The highest BCUT2D eigenvalue weighted by atomic mass is 35.5. The molecule has 0 saturated heterocycles. The third kappa shape index (κ3) is 3.00. The van der Waals surface area contributed by atoms with Crippen LogP contribution in [0.5, 0.6) is 0 Å². The first-order chi connectivity index (χ1) is 7.74. The molecule has 0 heterocycles. The molecule has 0 atom stereocenters. The van der Waals surface area contributed by atoms with Gasteiger partial charge in [-0.3, -0.25) is 0 Å². The number of sulfone groups is 1. The quantitative estimate of drug-likeness (QED) is 0.919. The molecule has 1 rings (SSSR count). The van der Waals surface area contributed by atoms with Crippen molar-refractivity contribution in [2.75, 3.05) is 12.4 Å². The maximum atomic E-state index is 11.7. The Kier molecular flexibility index (Phi) is 4.23. The van der Waals surface area contributed by atoms with Crippen LogP contribution in [0.25, 0.3) is 0 Å². The van der Waals surface area contributed by atoms with Crippen LogP contribution in [0.3, 0.4) is 0 Å². The summed E-state index contributed by atoms with van der Waals surface area (Å²) in [7, 11) is -3.29. The summed E-state index contributed by atoms with van der Waals surface area (Å²) in [6.45, 7) is 5.29. The largest absolute Gasteiger partial charge is 0.395 e. The van der Waals surface area contributed by atoms with Crippen molar-refractivity contribution in [2.45, 2.75) is 31.1 Å². The zero-order chi connectivity index (χ0) is 13.3. The Morgan fingerprint density at radius 3 is 2.35 bits per heavy atom. The van der Waals surface area contributed by atoms with Gasteiger partial charge in [0.15, 0.2) is 9.84 Å². The number of hydrogen-bond acceptors (Lipinski definition) is 3. The summed E-state index contributed by atoms with van der Waals surface area (Å²) >= 11 is 5.99. The maximum absolute atomic E-state index is 11.7. The molecule has 3 nitrogen and oxygen atoms in total. The fourth-order valence-corrected chi connectivity index (χ4v) is 2.90. The van der Waals surface area contributed by atoms with Crippen molar-refractivity contribution < 1.29 is 13.5 Å². The van der Waals surface area contributed by atoms with Crippen LogP contribution < -0.4 is 0 Å². The molecule has 17 heavy (non-hydrogen) atoms. The van der Waals surface area contributed by atoms with E-state index in [1.54, 1.807) is 19.1 Å². The molecule has 96 valence electrons. The van der Waals surface area contributed by atoms with Crippen LogP contribution in [-0.2, 0) is 15.3 Å². The van der Waals surface area contributed by atoms with Gasteiger partial charge in [0.1, 0.15) is 0 Å². The molecule has 1 aromatic carbocycles. The smallest absolute Gasteiger partial charge is 0.179 e. The summed E-state index contributed by atoms with van der Waals surface area (Å²) in [4.78, 5) is 0.152. The third-order valence-electron chi connectivity index (χ3n) is 2.82. The normalized spacial score (nSPS) is 12.8. The summed E-state index contributed by atoms with van der Waals surface area (Å²) < 4.78 is 23.4. The Labute approximate surface area is 107 Å². The molecular weight excluding hydrogens is 260 g/mol. The highest BCUT2D eigenvalue weighted by Gasteiger charge is 2.22. The molecule has 0 amide bonds. The summed E-state index contributed by atoms with van der Waals surface area (Å²) in [6.07, 6.45) is 0. The zero-order valence-corrected chi connectivity index (χ0v) is 11.8. The van der Waals surface area contributed by atoms with Crippen molar-refractivity contribution in [1.82, 2.24) is 0 Å². The SMILES string of the molecule is CCS(=O)(=O)c1ccc(C(C)(C)CO)cc1Cl. The highest BCUT2D eigenvalue weighted by molar-refractivity contribution is 7.91. The highest BCUT2D eigenvalue weighted by Crippen LogP contribution is 2.29. The van der Waals surface area contributed by atoms with E-state index in [1.807, 2.05) is 13.8 Å². The molecule has 0 saturated carbocycles. The van der Waals surface area contributed by atoms with E-state index in [9.17, 15) is 13.5 Å². The van der Waals surface area contributed by atoms with E-state index in [1.165, 1.54) is 6.07 Å². The minimum absolute atomic E-state index is 0.0233. The van der Waals surface area contributed by atoms with Crippen molar-refractivity contribution >= 4 is 21.4 Å². The monoisotopic (exact) mass is 276 g/mol. The van der Waals surface area contributed by atoms with Crippen LogP contribution in [0.2, 0.25) is 5.02 Å². The molecule has 5 heteroatoms. The molecule has 0 unspecified atom stereocenters. The molecule has 0 radical (unpaired) electrons. The van der Waals surface area contributed by atoms with E-state index in [4.69, 9.17) is 11.6 Å². The van der Waals surface area contributed by atoms with Crippen molar-refractivity contribution in [3.05, 3.63) is 28.8 Å². The van der Waals surface area contributed by atoms with Gasteiger partial charge >= 0.3 is 0 Å². The lowest BCUT2D eigenvalue weighted by atomic mass is 9.86. The lowest BCUT2D eigenvalue weighted by molar-refractivity contribution is 0.218. The summed E-state index contributed by atoms with van der Waals surface area (Å²) in [6, 6.07) is 4.82. The van der Waals surface area contributed by atoms with Crippen molar-refractivity contribution in [2.24, 2.45) is 0 Å². The molecule has 1 N–H and O–H groups in total. The van der Waals surface area contributed by atoms with Gasteiger partial charge in [-0.15, -0.1) is 0 Å². The average Bonchev–Trinajstić information content (AvgIpc) is 2.28. The van der Waals surface area contributed by atoms with E-state index in [2.05, 4.69) is 0 Å². The number of aliphatic hydroxyl groups excluding tert-OH is 1. The Bertz CT molecular complexity index is 506. The Balaban J connectivity index is 3.29. The number of benzene rings is 1. The fourth-order valence-electron chi connectivity index (χ4n) is 1.42. The van der Waals surface area contributed by atoms with Gasteiger partial charge in [0, 0.05) is 5.41 Å². The van der Waals surface area contributed by atoms with Crippen molar-refractivity contribution in [3.8, 4) is 0 Å². The first-order valence-corrected chi connectivity index (χ1v) is 7.41. The summed E-state index contributed by atoms with van der Waals surface area (Å²) in [5.74, 6) is 0.0233. The number of rotatable bonds is 4. The fraction of sp³-hybridized carbons (Fsp3) is 0.500. The lowest BCUT2D eigenvalue weighted by Gasteiger charge is -2.22. The van der Waals surface area contributed by atoms with Gasteiger partial charge in [-0.05, 0) is 17.7 Å². The Morgan fingerprint density at radius 1 is 1.35 bits per heavy atom. The van der Waals surface area contributed by atoms with E-state index in [0.29, 0.717) is 0 Å². The first-order valence-electron chi connectivity index (χ1n) is 5.38. The molecular formula is C12H17ClO3S. The van der Waals surface area contributed by atoms with Gasteiger partial charge in [0.05, 0.1) is 22.3 Å². The predicted molar refractivity (Wildman–Crippen MR) is 69.3 cm³/mol. The van der Waals surface area contributed by atoms with Gasteiger partial charge in [-0.2, -0.15) is 0 Å². The van der Waals surface area contributed by atoms with Crippen LogP contribution in [0.4, 0.5) is 0 Å². The lowest BCUT2D eigenvalue weighted by Crippen LogP contribution is -2.22. The van der Waals surface area contributed by atoms with Crippen LogP contribution in [-0.4, -0.2) is 25.9 Å². The van der Waals surface area contributed by atoms with Gasteiger partial charge in [-0.25, -0.2) is 8.42 Å². The molecule has 0 aromatic heterocycles. The summed E-state index contributed by atoms with van der Waals surface area (Å²) in [5, 5.41) is 9.47. The van der Waals surface area contributed by atoms with Gasteiger partial charge in [0.2, 0.25) is 0 Å². The minimum Gasteiger partial charge on any atom is -0.395 e. The Morgan fingerprint density at radius 2 is 1.94 bits per heavy atom. The van der Waals surface area contributed by atoms with E-state index in [-0.39, 0.29) is 22.3 Å². The molecule has 0 bridgehead atoms. The van der Waals surface area contributed by atoms with Crippen molar-refractivity contribution in [1.29, 1.82) is 0 Å². The number of hydrogen-bond donors (Lipinski definition) is 1.